The molecule has 8 nitrogen and oxygen atoms in total. The van der Waals surface area contributed by atoms with E-state index >= 15 is 0 Å². The van der Waals surface area contributed by atoms with Crippen molar-refractivity contribution in [2.75, 3.05) is 32.2 Å². The molecular weight excluding hydrogens is 444 g/mol. The highest BCUT2D eigenvalue weighted by Crippen LogP contribution is 2.32. The van der Waals surface area contributed by atoms with Gasteiger partial charge in [-0.2, -0.15) is 0 Å². The Morgan fingerprint density at radius 1 is 1.00 bits per heavy atom. The summed E-state index contributed by atoms with van der Waals surface area (Å²) in [6.45, 7) is 6.08. The van der Waals surface area contributed by atoms with Crippen LogP contribution in [0.15, 0.2) is 54.9 Å². The van der Waals surface area contributed by atoms with Crippen molar-refractivity contribution in [2.45, 2.75) is 32.7 Å². The third-order valence-corrected chi connectivity index (χ3v) is 6.32. The molecule has 3 aromatic rings. The third-order valence-electron chi connectivity index (χ3n) is 6.32. The number of nitrogens with one attached hydrogen (secondary N) is 1. The molecule has 0 aliphatic carbocycles. The molecular formula is C27H32N4O4. The summed E-state index contributed by atoms with van der Waals surface area (Å²) in [6, 6.07) is 12.4. The molecule has 1 aliphatic heterocycles. The molecule has 1 amide bonds. The summed E-state index contributed by atoms with van der Waals surface area (Å²) in [5.41, 5.74) is 1.45. The van der Waals surface area contributed by atoms with Gasteiger partial charge in [-0.25, -0.2) is 9.97 Å². The Bertz CT molecular complexity index is 1140. The van der Waals surface area contributed by atoms with Crippen molar-refractivity contribution in [1.82, 2.24) is 15.3 Å². The van der Waals surface area contributed by atoms with Crippen molar-refractivity contribution in [3.05, 3.63) is 66.0 Å². The normalized spacial score (nSPS) is 14.8. The van der Waals surface area contributed by atoms with E-state index in [0.29, 0.717) is 28.7 Å². The van der Waals surface area contributed by atoms with Gasteiger partial charge in [0.25, 0.3) is 11.8 Å². The number of nitrogens with zero attached hydrogens (tertiary/aromatic N) is 3. The molecule has 1 atom stereocenters. The maximum Gasteiger partial charge on any atom is 0.263 e. The Morgan fingerprint density at radius 3 is 2.37 bits per heavy atom. The Hall–Kier alpha value is -3.81. The minimum absolute atomic E-state index is 0.179. The lowest BCUT2D eigenvalue weighted by Gasteiger charge is -2.31. The van der Waals surface area contributed by atoms with Gasteiger partial charge in [0.15, 0.2) is 17.3 Å². The van der Waals surface area contributed by atoms with Crippen molar-refractivity contribution in [3.63, 3.8) is 0 Å². The fourth-order valence-electron chi connectivity index (χ4n) is 4.10. The lowest BCUT2D eigenvalue weighted by Crippen LogP contribution is -2.33. The lowest BCUT2D eigenvalue weighted by molar-refractivity contribution is 0.0940. The zero-order chi connectivity index (χ0) is 24.8. The summed E-state index contributed by atoms with van der Waals surface area (Å²) in [5.74, 6) is 3.64. The van der Waals surface area contributed by atoms with Crippen molar-refractivity contribution in [3.8, 4) is 23.1 Å². The average Bonchev–Trinajstić information content (AvgIpc) is 2.89. The van der Waals surface area contributed by atoms with Gasteiger partial charge >= 0.3 is 0 Å². The lowest BCUT2D eigenvalue weighted by atomic mass is 9.99. The number of benzene rings is 2. The molecule has 1 aliphatic rings. The smallest absolute Gasteiger partial charge is 0.263 e. The molecule has 4 rings (SSSR count). The van der Waals surface area contributed by atoms with Crippen LogP contribution in [0.4, 0.5) is 5.82 Å². The number of piperidine rings is 1. The van der Waals surface area contributed by atoms with Crippen LogP contribution in [0.25, 0.3) is 0 Å². The number of rotatable bonds is 8. The highest BCUT2D eigenvalue weighted by molar-refractivity contribution is 5.94. The quantitative estimate of drug-likeness (QED) is 0.489. The van der Waals surface area contributed by atoms with Gasteiger partial charge in [0.2, 0.25) is 0 Å². The molecule has 0 saturated carbocycles. The molecule has 2 aromatic carbocycles. The first kappa shape index (κ1) is 24.3. The summed E-state index contributed by atoms with van der Waals surface area (Å²) in [7, 11) is 3.18. The number of carbonyl (C=O) groups is 1. The van der Waals surface area contributed by atoms with Gasteiger partial charge in [-0.05, 0) is 67.6 Å². The fourth-order valence-corrected chi connectivity index (χ4v) is 4.10. The maximum atomic E-state index is 12.8. The predicted octanol–water partition coefficient (Wildman–Crippen LogP) is 5.01. The molecule has 8 heteroatoms. The van der Waals surface area contributed by atoms with E-state index in [0.717, 1.165) is 43.2 Å². The topological polar surface area (TPSA) is 85.8 Å². The second kappa shape index (κ2) is 11.1. The molecule has 1 unspecified atom stereocenters. The predicted molar refractivity (Wildman–Crippen MR) is 135 cm³/mol. The Labute approximate surface area is 206 Å². The van der Waals surface area contributed by atoms with Crippen LogP contribution in [0.1, 0.15) is 48.7 Å². The van der Waals surface area contributed by atoms with Gasteiger partial charge in [-0.1, -0.05) is 13.0 Å². The van der Waals surface area contributed by atoms with Gasteiger partial charge in [-0.3, -0.25) is 4.79 Å². The van der Waals surface area contributed by atoms with Crippen LogP contribution >= 0.6 is 0 Å². The molecule has 1 saturated heterocycles. The third kappa shape index (κ3) is 5.82. The van der Waals surface area contributed by atoms with E-state index in [1.165, 1.54) is 0 Å². The minimum Gasteiger partial charge on any atom is -0.493 e. The molecule has 0 spiro atoms. The van der Waals surface area contributed by atoms with Crippen molar-refractivity contribution >= 4 is 11.7 Å². The van der Waals surface area contributed by atoms with E-state index in [2.05, 4.69) is 27.1 Å². The molecule has 1 N–H and O–H groups in total. The Balaban J connectivity index is 1.41. The minimum atomic E-state index is -0.215. The number of methoxy groups -OCH3 is 2. The van der Waals surface area contributed by atoms with Crippen molar-refractivity contribution in [1.29, 1.82) is 0 Å². The number of aromatic nitrogens is 2. The maximum absolute atomic E-state index is 12.8. The number of amides is 1. The summed E-state index contributed by atoms with van der Waals surface area (Å²) in [4.78, 5) is 24.0. The number of hydrogen-bond donors (Lipinski definition) is 1. The van der Waals surface area contributed by atoms with E-state index in [4.69, 9.17) is 14.2 Å². The first-order valence-electron chi connectivity index (χ1n) is 11.8. The first-order chi connectivity index (χ1) is 17.0. The van der Waals surface area contributed by atoms with Gasteiger partial charge in [0.05, 0.1) is 20.3 Å². The number of carbonyl (C=O) groups excluding carboxylic acids is 1. The van der Waals surface area contributed by atoms with Crippen LogP contribution in [-0.4, -0.2) is 43.2 Å². The number of hydrogen-bond acceptors (Lipinski definition) is 7. The molecule has 0 radical (unpaired) electrons. The average molecular weight is 477 g/mol. The van der Waals surface area contributed by atoms with E-state index < -0.39 is 0 Å². The monoisotopic (exact) mass is 476 g/mol. The van der Waals surface area contributed by atoms with Gasteiger partial charge in [0, 0.05) is 31.0 Å². The summed E-state index contributed by atoms with van der Waals surface area (Å²) in [5, 5.41) is 3.02. The summed E-state index contributed by atoms with van der Waals surface area (Å²) < 4.78 is 16.7. The van der Waals surface area contributed by atoms with Crippen LogP contribution in [-0.2, 0) is 0 Å². The zero-order valence-electron chi connectivity index (χ0n) is 20.7. The largest absolute Gasteiger partial charge is 0.493 e. The second-order valence-corrected chi connectivity index (χ2v) is 8.79. The van der Waals surface area contributed by atoms with E-state index in [-0.39, 0.29) is 11.9 Å². The SMILES string of the molecule is COc1ccc(C(C)NC(=O)c2ccc(Oc3nccnc3N3CCC(C)CC3)cc2)cc1OC. The van der Waals surface area contributed by atoms with E-state index in [1.807, 2.05) is 25.1 Å². The molecule has 2 heterocycles. The molecule has 0 bridgehead atoms. The molecule has 1 aromatic heterocycles. The van der Waals surface area contributed by atoms with Gasteiger partial charge in [0.1, 0.15) is 5.75 Å². The fraction of sp³-hybridized carbons (Fsp3) is 0.370. The summed E-state index contributed by atoms with van der Waals surface area (Å²) >= 11 is 0. The highest BCUT2D eigenvalue weighted by Gasteiger charge is 2.21. The Kier molecular flexibility index (Phi) is 7.70. The van der Waals surface area contributed by atoms with Crippen LogP contribution in [0, 0.1) is 5.92 Å². The van der Waals surface area contributed by atoms with Crippen LogP contribution in [0.3, 0.4) is 0 Å². The highest BCUT2D eigenvalue weighted by atomic mass is 16.5. The van der Waals surface area contributed by atoms with Crippen molar-refractivity contribution in [2.24, 2.45) is 5.92 Å². The molecule has 184 valence electrons. The van der Waals surface area contributed by atoms with Crippen LogP contribution in [0.5, 0.6) is 23.1 Å². The first-order valence-corrected chi connectivity index (χ1v) is 11.8. The second-order valence-electron chi connectivity index (χ2n) is 8.79. The Morgan fingerprint density at radius 2 is 1.69 bits per heavy atom. The van der Waals surface area contributed by atoms with Gasteiger partial charge < -0.3 is 24.4 Å². The van der Waals surface area contributed by atoms with E-state index in [9.17, 15) is 4.79 Å². The summed E-state index contributed by atoms with van der Waals surface area (Å²) in [6.07, 6.45) is 5.57. The van der Waals surface area contributed by atoms with Crippen LogP contribution in [0.2, 0.25) is 0 Å². The number of anilines is 1. The van der Waals surface area contributed by atoms with Crippen molar-refractivity contribution < 1.29 is 19.0 Å². The zero-order valence-corrected chi connectivity index (χ0v) is 20.7. The molecule has 1 fully saturated rings. The van der Waals surface area contributed by atoms with Crippen LogP contribution < -0.4 is 24.4 Å². The van der Waals surface area contributed by atoms with Gasteiger partial charge in [-0.15, -0.1) is 0 Å². The standard InChI is InChI=1S/C27H32N4O4/c1-18-11-15-31(16-12-18)25-27(29-14-13-28-25)35-22-8-5-20(6-9-22)26(32)30-19(2)21-7-10-23(33-3)24(17-21)34-4/h5-10,13-14,17-19H,11-12,15-16H2,1-4H3,(H,30,32). The molecule has 35 heavy (non-hydrogen) atoms. The number of ether oxygens (including phenoxy) is 3. The van der Waals surface area contributed by atoms with E-state index in [1.54, 1.807) is 50.9 Å².